The van der Waals surface area contributed by atoms with Crippen LogP contribution in [-0.4, -0.2) is 69.5 Å². The number of hydrogen-bond donors (Lipinski definition) is 1. The van der Waals surface area contributed by atoms with E-state index < -0.39 is 42.0 Å². The molecular formula is C22H17ClF5N7O2. The van der Waals surface area contributed by atoms with Gasteiger partial charge in [0.25, 0.3) is 6.43 Å². The number of nitrogens with zero attached hydrogens (tertiary/aromatic N) is 6. The number of hydrogen-bond acceptors (Lipinski definition) is 6. The molecule has 0 radical (unpaired) electrons. The highest BCUT2D eigenvalue weighted by Gasteiger charge is 2.63. The topological polar surface area (TPSA) is 87.9 Å². The third-order valence-electron chi connectivity index (χ3n) is 6.11. The zero-order chi connectivity index (χ0) is 26.7. The van der Waals surface area contributed by atoms with E-state index in [9.17, 15) is 26.7 Å². The van der Waals surface area contributed by atoms with Crippen LogP contribution in [0.25, 0.3) is 5.65 Å². The molecule has 0 aliphatic carbocycles. The van der Waals surface area contributed by atoms with Crippen LogP contribution in [0, 0.1) is 12.3 Å². The van der Waals surface area contributed by atoms with Crippen LogP contribution in [0.3, 0.4) is 0 Å². The summed E-state index contributed by atoms with van der Waals surface area (Å²) >= 11 is 5.88. The molecule has 2 aliphatic rings. The molecule has 9 nitrogen and oxygen atoms in total. The summed E-state index contributed by atoms with van der Waals surface area (Å²) in [6, 6.07) is 2.30. The summed E-state index contributed by atoms with van der Waals surface area (Å²) in [4.78, 5) is 23.7. The van der Waals surface area contributed by atoms with Gasteiger partial charge in [-0.3, -0.25) is 9.80 Å². The van der Waals surface area contributed by atoms with E-state index >= 15 is 0 Å². The van der Waals surface area contributed by atoms with Crippen molar-refractivity contribution in [3.63, 3.8) is 0 Å². The fraction of sp³-hybridized carbons (Fsp3) is 0.364. The predicted molar refractivity (Wildman–Crippen MR) is 122 cm³/mol. The SMILES string of the molecule is C#C[C@@]1(C(F)(F)F)CN(C(=O)Nc2cc(OC3CN(C)C3)nc(C(F)F)c2)c2cnc3cc(Cl)nn3c21. The zero-order valence-corrected chi connectivity index (χ0v) is 19.7. The molecule has 3 aromatic heterocycles. The van der Waals surface area contributed by atoms with Gasteiger partial charge >= 0.3 is 12.2 Å². The van der Waals surface area contributed by atoms with Crippen molar-refractivity contribution in [2.24, 2.45) is 0 Å². The molecule has 0 spiro atoms. The number of pyridine rings is 1. The lowest BCUT2D eigenvalue weighted by Crippen LogP contribution is -2.51. The van der Waals surface area contributed by atoms with Crippen molar-refractivity contribution < 1.29 is 31.5 Å². The lowest BCUT2D eigenvalue weighted by atomic mass is 9.86. The number of nitrogens with one attached hydrogen (secondary N) is 1. The first-order valence-electron chi connectivity index (χ1n) is 10.7. The Balaban J connectivity index is 1.51. The molecule has 0 aromatic carbocycles. The van der Waals surface area contributed by atoms with Crippen LogP contribution >= 0.6 is 11.6 Å². The van der Waals surface area contributed by atoms with Gasteiger partial charge in [0.2, 0.25) is 5.88 Å². The number of carbonyl (C=O) groups excluding carboxylic acids is 1. The fourth-order valence-corrected chi connectivity index (χ4v) is 4.51. The number of urea groups is 1. The smallest absolute Gasteiger partial charge is 0.412 e. The Hall–Kier alpha value is -3.70. The third-order valence-corrected chi connectivity index (χ3v) is 6.30. The summed E-state index contributed by atoms with van der Waals surface area (Å²) < 4.78 is 76.5. The van der Waals surface area contributed by atoms with Gasteiger partial charge in [0, 0.05) is 30.9 Å². The Morgan fingerprint density at radius 1 is 1.32 bits per heavy atom. The molecule has 3 aromatic rings. The summed E-state index contributed by atoms with van der Waals surface area (Å²) in [5, 5.41) is 6.08. The number of alkyl halides is 5. The van der Waals surface area contributed by atoms with E-state index in [-0.39, 0.29) is 34.2 Å². The minimum Gasteiger partial charge on any atom is -0.472 e. The Morgan fingerprint density at radius 2 is 2.05 bits per heavy atom. The number of fused-ring (bicyclic) bond motifs is 3. The van der Waals surface area contributed by atoms with Crippen molar-refractivity contribution in [3.05, 3.63) is 40.9 Å². The average Bonchev–Trinajstić information content (AvgIpc) is 3.35. The number of ether oxygens (including phenoxy) is 1. The average molecular weight is 542 g/mol. The van der Waals surface area contributed by atoms with Crippen molar-refractivity contribution in [3.8, 4) is 18.2 Å². The minimum atomic E-state index is -4.99. The monoisotopic (exact) mass is 541 g/mol. The molecule has 0 saturated carbocycles. The summed E-state index contributed by atoms with van der Waals surface area (Å²) in [5.41, 5.74) is -4.56. The molecule has 5 rings (SSSR count). The molecule has 194 valence electrons. The van der Waals surface area contributed by atoms with Crippen molar-refractivity contribution in [2.45, 2.75) is 24.1 Å². The van der Waals surface area contributed by atoms with E-state index in [4.69, 9.17) is 22.8 Å². The molecule has 2 aliphatic heterocycles. The van der Waals surface area contributed by atoms with Gasteiger partial charge in [0.15, 0.2) is 16.2 Å². The lowest BCUT2D eigenvalue weighted by molar-refractivity contribution is -0.169. The quantitative estimate of drug-likeness (QED) is 0.398. The summed E-state index contributed by atoms with van der Waals surface area (Å²) in [6.45, 7) is 0.103. The maximum Gasteiger partial charge on any atom is 0.412 e. The number of halogens is 6. The molecule has 1 saturated heterocycles. The van der Waals surface area contributed by atoms with Crippen molar-refractivity contribution in [1.29, 1.82) is 0 Å². The van der Waals surface area contributed by atoms with Crippen LogP contribution in [0.15, 0.2) is 24.4 Å². The van der Waals surface area contributed by atoms with Crippen LogP contribution in [0.1, 0.15) is 17.8 Å². The first kappa shape index (κ1) is 25.0. The molecule has 1 atom stereocenters. The van der Waals surface area contributed by atoms with Crippen LogP contribution in [-0.2, 0) is 5.41 Å². The number of terminal acetylenes is 1. The molecular weight excluding hydrogens is 525 g/mol. The molecule has 1 fully saturated rings. The second-order valence-corrected chi connectivity index (χ2v) is 9.06. The fourth-order valence-electron chi connectivity index (χ4n) is 4.34. The first-order chi connectivity index (χ1) is 17.4. The van der Waals surface area contributed by atoms with Gasteiger partial charge < -0.3 is 10.1 Å². The minimum absolute atomic E-state index is 0.00554. The number of likely N-dealkylation sites (N-methyl/N-ethyl adjacent to an activating group) is 1. The van der Waals surface area contributed by atoms with Gasteiger partial charge in [-0.1, -0.05) is 17.5 Å². The zero-order valence-electron chi connectivity index (χ0n) is 18.9. The number of amides is 2. The lowest BCUT2D eigenvalue weighted by Gasteiger charge is -2.35. The Kier molecular flexibility index (Phi) is 5.87. The number of aromatic nitrogens is 4. The summed E-state index contributed by atoms with van der Waals surface area (Å²) in [7, 11) is 1.85. The van der Waals surface area contributed by atoms with E-state index in [1.54, 1.807) is 5.92 Å². The van der Waals surface area contributed by atoms with Crippen LogP contribution in [0.4, 0.5) is 38.1 Å². The van der Waals surface area contributed by atoms with E-state index in [1.165, 1.54) is 12.1 Å². The Morgan fingerprint density at radius 3 is 2.68 bits per heavy atom. The largest absolute Gasteiger partial charge is 0.472 e. The van der Waals surface area contributed by atoms with Gasteiger partial charge in [-0.25, -0.2) is 28.1 Å². The maximum absolute atomic E-state index is 14.4. The number of likely N-dealkylation sites (tertiary alicyclic amines) is 1. The van der Waals surface area contributed by atoms with Crippen LogP contribution in [0.2, 0.25) is 5.15 Å². The molecule has 0 bridgehead atoms. The molecule has 1 N–H and O–H groups in total. The highest BCUT2D eigenvalue weighted by Crippen LogP contribution is 2.50. The molecule has 15 heteroatoms. The van der Waals surface area contributed by atoms with Gasteiger partial charge in [-0.05, 0) is 13.1 Å². The second-order valence-electron chi connectivity index (χ2n) is 8.67. The van der Waals surface area contributed by atoms with Crippen LogP contribution < -0.4 is 15.0 Å². The molecule has 2 amide bonds. The van der Waals surface area contributed by atoms with Crippen molar-refractivity contribution in [2.75, 3.05) is 36.9 Å². The van der Waals surface area contributed by atoms with Crippen molar-refractivity contribution >= 4 is 34.7 Å². The van der Waals surface area contributed by atoms with E-state index in [0.29, 0.717) is 13.1 Å². The standard InChI is InChI=1S/C22H17ClF5N7O2/c1-3-21(22(26,27)28)10-34(14-7-29-16-6-15(23)32-35(16)18(14)21)20(36)30-11-4-13(19(24)25)31-17(5-11)37-12-8-33(2)9-12/h1,4-7,12,19H,8-10H2,2H3,(H,30,31,36)/t21-/m1/s1. The van der Waals surface area contributed by atoms with Crippen molar-refractivity contribution in [1.82, 2.24) is 24.5 Å². The van der Waals surface area contributed by atoms with E-state index in [1.807, 2.05) is 11.9 Å². The first-order valence-corrected chi connectivity index (χ1v) is 11.1. The summed E-state index contributed by atoms with van der Waals surface area (Å²) in [6.07, 6.45) is -1.82. The number of rotatable bonds is 4. The summed E-state index contributed by atoms with van der Waals surface area (Å²) in [5.74, 6) is 1.63. The highest BCUT2D eigenvalue weighted by molar-refractivity contribution is 6.29. The van der Waals surface area contributed by atoms with Gasteiger partial charge in [-0.2, -0.15) is 18.3 Å². The maximum atomic E-state index is 14.4. The third kappa shape index (κ3) is 4.17. The Bertz CT molecular complexity index is 1430. The van der Waals surface area contributed by atoms with Gasteiger partial charge in [0.05, 0.1) is 24.1 Å². The number of carbonyl (C=O) groups is 1. The van der Waals surface area contributed by atoms with Gasteiger partial charge in [-0.15, -0.1) is 6.42 Å². The van der Waals surface area contributed by atoms with E-state index in [2.05, 4.69) is 20.4 Å². The normalized spacial score (nSPS) is 20.1. The molecule has 5 heterocycles. The van der Waals surface area contributed by atoms with Crippen LogP contribution in [0.5, 0.6) is 5.88 Å². The van der Waals surface area contributed by atoms with Gasteiger partial charge in [0.1, 0.15) is 11.8 Å². The second kappa shape index (κ2) is 8.70. The highest BCUT2D eigenvalue weighted by atomic mass is 35.5. The Labute approximate surface area is 211 Å². The van der Waals surface area contributed by atoms with E-state index in [0.717, 1.165) is 21.7 Å². The number of anilines is 2. The molecule has 0 unspecified atom stereocenters. The molecule has 37 heavy (non-hydrogen) atoms. The predicted octanol–water partition coefficient (Wildman–Crippen LogP) is 3.89.